The van der Waals surface area contributed by atoms with Crippen molar-refractivity contribution >= 4 is 0 Å². The molecule has 0 bridgehead atoms. The largest absolute Gasteiger partial charge is 0.257 e. The highest BCUT2D eigenvalue weighted by Crippen LogP contribution is 2.18. The van der Waals surface area contributed by atoms with Crippen LogP contribution in [0.15, 0.2) is 36.8 Å². The molecule has 0 N–H and O–H groups in total. The van der Waals surface area contributed by atoms with Gasteiger partial charge in [-0.25, -0.2) is 0 Å². The van der Waals surface area contributed by atoms with Gasteiger partial charge >= 0.3 is 0 Å². The normalized spacial score (nSPS) is 10.4. The fraction of sp³-hybridized carbons (Fsp3) is 0.357. The lowest BCUT2D eigenvalue weighted by Gasteiger charge is -2.06. The molecule has 2 aromatic rings. The van der Waals surface area contributed by atoms with Crippen molar-refractivity contribution in [2.24, 2.45) is 0 Å². The van der Waals surface area contributed by atoms with Gasteiger partial charge in [0.2, 0.25) is 0 Å². The molecule has 0 aliphatic heterocycles. The van der Waals surface area contributed by atoms with E-state index >= 15 is 0 Å². The predicted octanol–water partition coefficient (Wildman–Crippen LogP) is 3.27. The average Bonchev–Trinajstić information content (AvgIpc) is 2.41. The lowest BCUT2D eigenvalue weighted by atomic mass is 10.1. The van der Waals surface area contributed by atoms with Gasteiger partial charge in [0.25, 0.3) is 0 Å². The van der Waals surface area contributed by atoms with Gasteiger partial charge in [0.1, 0.15) is 5.69 Å². The van der Waals surface area contributed by atoms with Crippen LogP contribution in [0.3, 0.4) is 0 Å². The van der Waals surface area contributed by atoms with E-state index < -0.39 is 0 Å². The van der Waals surface area contributed by atoms with Gasteiger partial charge in [-0.15, -0.1) is 0 Å². The molecule has 3 heteroatoms. The lowest BCUT2D eigenvalue weighted by Crippen LogP contribution is -1.98. The Labute approximate surface area is 102 Å². The standard InChI is InChI=1S/C14H17N3/c1-2-3-4-7-13-14(17-11-10-16-13)12-8-5-6-9-15-12/h5-6,8-11H,2-4,7H2,1H3. The number of aromatic nitrogens is 3. The Balaban J connectivity index is 2.22. The lowest BCUT2D eigenvalue weighted by molar-refractivity contribution is 0.706. The molecule has 3 nitrogen and oxygen atoms in total. The molecule has 0 atom stereocenters. The third-order valence-corrected chi connectivity index (χ3v) is 2.70. The maximum atomic E-state index is 4.42. The molecule has 0 spiro atoms. The fourth-order valence-corrected chi connectivity index (χ4v) is 1.81. The molecule has 0 unspecified atom stereocenters. The number of aryl methyl sites for hydroxylation is 1. The van der Waals surface area contributed by atoms with E-state index in [2.05, 4.69) is 21.9 Å². The average molecular weight is 227 g/mol. The van der Waals surface area contributed by atoms with Crippen LogP contribution in [-0.4, -0.2) is 15.0 Å². The van der Waals surface area contributed by atoms with Gasteiger partial charge in [-0.3, -0.25) is 15.0 Å². The Kier molecular flexibility index (Phi) is 4.19. The third kappa shape index (κ3) is 3.09. The molecule has 0 radical (unpaired) electrons. The van der Waals surface area contributed by atoms with Crippen LogP contribution in [0, 0.1) is 0 Å². The summed E-state index contributed by atoms with van der Waals surface area (Å²) in [5, 5.41) is 0. The van der Waals surface area contributed by atoms with Gasteiger partial charge < -0.3 is 0 Å². The highest BCUT2D eigenvalue weighted by molar-refractivity contribution is 5.56. The van der Waals surface area contributed by atoms with Crippen LogP contribution in [-0.2, 0) is 6.42 Å². The number of rotatable bonds is 5. The highest BCUT2D eigenvalue weighted by atomic mass is 14.8. The van der Waals surface area contributed by atoms with Crippen molar-refractivity contribution in [3.63, 3.8) is 0 Å². The van der Waals surface area contributed by atoms with Crippen LogP contribution >= 0.6 is 0 Å². The van der Waals surface area contributed by atoms with E-state index in [0.717, 1.165) is 29.9 Å². The minimum absolute atomic E-state index is 0.909. The van der Waals surface area contributed by atoms with Crippen molar-refractivity contribution in [3.8, 4) is 11.4 Å². The van der Waals surface area contributed by atoms with Gasteiger partial charge in [0.05, 0.1) is 11.4 Å². The second-order valence-electron chi connectivity index (χ2n) is 4.02. The first-order chi connectivity index (χ1) is 8.42. The summed E-state index contributed by atoms with van der Waals surface area (Å²) in [6.07, 6.45) is 9.88. The van der Waals surface area contributed by atoms with Crippen molar-refractivity contribution in [3.05, 3.63) is 42.5 Å². The Bertz CT molecular complexity index is 454. The molecular weight excluding hydrogens is 210 g/mol. The summed E-state index contributed by atoms with van der Waals surface area (Å²) >= 11 is 0. The summed E-state index contributed by atoms with van der Waals surface area (Å²) in [5.74, 6) is 0. The molecule has 0 fully saturated rings. The molecule has 0 aromatic carbocycles. The van der Waals surface area contributed by atoms with E-state index in [-0.39, 0.29) is 0 Å². The first-order valence-electron chi connectivity index (χ1n) is 6.13. The second kappa shape index (κ2) is 6.09. The third-order valence-electron chi connectivity index (χ3n) is 2.70. The van der Waals surface area contributed by atoms with E-state index in [1.165, 1.54) is 12.8 Å². The minimum atomic E-state index is 0.909. The summed E-state index contributed by atoms with van der Waals surface area (Å²) in [6, 6.07) is 5.87. The number of pyridine rings is 1. The summed E-state index contributed by atoms with van der Waals surface area (Å²) < 4.78 is 0. The molecule has 0 aliphatic carbocycles. The molecule has 0 amide bonds. The Hall–Kier alpha value is -1.77. The first-order valence-corrected chi connectivity index (χ1v) is 6.13. The maximum absolute atomic E-state index is 4.42. The van der Waals surface area contributed by atoms with Crippen LogP contribution in [0.1, 0.15) is 31.9 Å². The first kappa shape index (κ1) is 11.7. The van der Waals surface area contributed by atoms with Crippen LogP contribution in [0.5, 0.6) is 0 Å². The van der Waals surface area contributed by atoms with E-state index in [1.54, 1.807) is 18.6 Å². The minimum Gasteiger partial charge on any atom is -0.257 e. The molecule has 0 aliphatic rings. The van der Waals surface area contributed by atoms with Crippen molar-refractivity contribution in [2.45, 2.75) is 32.6 Å². The Morgan fingerprint density at radius 1 is 0.941 bits per heavy atom. The highest BCUT2D eigenvalue weighted by Gasteiger charge is 2.07. The van der Waals surface area contributed by atoms with Gasteiger partial charge in [-0.05, 0) is 25.0 Å². The van der Waals surface area contributed by atoms with Gasteiger partial charge in [-0.1, -0.05) is 25.8 Å². The van der Waals surface area contributed by atoms with Crippen LogP contribution in [0.25, 0.3) is 11.4 Å². The fourth-order valence-electron chi connectivity index (χ4n) is 1.81. The van der Waals surface area contributed by atoms with Crippen molar-refractivity contribution in [1.82, 2.24) is 15.0 Å². The molecule has 2 heterocycles. The van der Waals surface area contributed by atoms with Crippen LogP contribution in [0.2, 0.25) is 0 Å². The summed E-state index contributed by atoms with van der Waals surface area (Å²) in [6.45, 7) is 2.20. The van der Waals surface area contributed by atoms with Crippen LogP contribution < -0.4 is 0 Å². The van der Waals surface area contributed by atoms with Crippen molar-refractivity contribution in [1.29, 1.82) is 0 Å². The molecule has 2 rings (SSSR count). The van der Waals surface area contributed by atoms with Gasteiger partial charge in [0, 0.05) is 18.6 Å². The SMILES string of the molecule is CCCCCc1nccnc1-c1ccccn1. The number of unbranched alkanes of at least 4 members (excludes halogenated alkanes) is 2. The zero-order valence-corrected chi connectivity index (χ0v) is 10.1. The van der Waals surface area contributed by atoms with Crippen molar-refractivity contribution < 1.29 is 0 Å². The van der Waals surface area contributed by atoms with Crippen LogP contribution in [0.4, 0.5) is 0 Å². The number of nitrogens with zero attached hydrogens (tertiary/aromatic N) is 3. The topological polar surface area (TPSA) is 38.7 Å². The number of hydrogen-bond acceptors (Lipinski definition) is 3. The van der Waals surface area contributed by atoms with Gasteiger partial charge in [0.15, 0.2) is 0 Å². The van der Waals surface area contributed by atoms with E-state index in [1.807, 2.05) is 18.2 Å². The zero-order valence-electron chi connectivity index (χ0n) is 10.1. The van der Waals surface area contributed by atoms with Crippen molar-refractivity contribution in [2.75, 3.05) is 0 Å². The maximum Gasteiger partial charge on any atom is 0.110 e. The smallest absolute Gasteiger partial charge is 0.110 e. The summed E-state index contributed by atoms with van der Waals surface area (Å²) in [4.78, 5) is 13.2. The molecule has 0 saturated carbocycles. The predicted molar refractivity (Wildman–Crippen MR) is 68.5 cm³/mol. The zero-order chi connectivity index (χ0) is 11.9. The Morgan fingerprint density at radius 2 is 1.82 bits per heavy atom. The monoisotopic (exact) mass is 227 g/mol. The second-order valence-corrected chi connectivity index (χ2v) is 4.02. The Morgan fingerprint density at radius 3 is 2.59 bits per heavy atom. The summed E-state index contributed by atoms with van der Waals surface area (Å²) in [7, 11) is 0. The summed E-state index contributed by atoms with van der Waals surface area (Å²) in [5.41, 5.74) is 2.89. The molecule has 17 heavy (non-hydrogen) atoms. The quantitative estimate of drug-likeness (QED) is 0.736. The molecule has 0 saturated heterocycles. The van der Waals surface area contributed by atoms with E-state index in [0.29, 0.717) is 0 Å². The molecule has 88 valence electrons. The molecule has 2 aromatic heterocycles. The van der Waals surface area contributed by atoms with E-state index in [9.17, 15) is 0 Å². The van der Waals surface area contributed by atoms with Gasteiger partial charge in [-0.2, -0.15) is 0 Å². The molecular formula is C14H17N3. The number of hydrogen-bond donors (Lipinski definition) is 0. The van der Waals surface area contributed by atoms with E-state index in [4.69, 9.17) is 0 Å².